The fourth-order valence-electron chi connectivity index (χ4n) is 9.39. The van der Waals surface area contributed by atoms with E-state index in [4.69, 9.17) is 6.58 Å². The molecule has 3 aliphatic rings. The van der Waals surface area contributed by atoms with Gasteiger partial charge in [0.05, 0.1) is 5.70 Å². The first kappa shape index (κ1) is 34.6. The van der Waals surface area contributed by atoms with Crippen LogP contribution in [0.25, 0.3) is 39.5 Å². The van der Waals surface area contributed by atoms with Gasteiger partial charge in [-0.1, -0.05) is 171 Å². The van der Waals surface area contributed by atoms with Crippen molar-refractivity contribution >= 4 is 22.9 Å². The molecular formula is C54H47N. The smallest absolute Gasteiger partial charge is 0.0536 e. The van der Waals surface area contributed by atoms with E-state index in [1.165, 1.54) is 68.6 Å². The molecule has 0 saturated heterocycles. The first-order chi connectivity index (χ1) is 27.1. The predicted molar refractivity (Wildman–Crippen MR) is 234 cm³/mol. The fraction of sp³-hybridized carbons (Fsp3) is 0.148. The molecular weight excluding hydrogens is 663 g/mol. The van der Waals surface area contributed by atoms with E-state index < -0.39 is 0 Å². The summed E-state index contributed by atoms with van der Waals surface area (Å²) < 4.78 is 0. The average molecular weight is 710 g/mol. The zero-order chi connectivity index (χ0) is 37.2. The van der Waals surface area contributed by atoms with Crippen molar-refractivity contribution in [2.24, 2.45) is 5.92 Å². The summed E-state index contributed by atoms with van der Waals surface area (Å²) in [5, 5.41) is 0. The van der Waals surface area contributed by atoms with Crippen molar-refractivity contribution < 1.29 is 0 Å². The Morgan fingerprint density at radius 2 is 1.33 bits per heavy atom. The maximum absolute atomic E-state index is 5.08. The Kier molecular flexibility index (Phi) is 9.38. The van der Waals surface area contributed by atoms with Gasteiger partial charge in [-0.2, -0.15) is 0 Å². The van der Waals surface area contributed by atoms with Gasteiger partial charge in [-0.3, -0.25) is 0 Å². The number of nitrogens with zero attached hydrogens (tertiary/aromatic N) is 1. The van der Waals surface area contributed by atoms with Crippen LogP contribution in [0.4, 0.5) is 5.69 Å². The van der Waals surface area contributed by atoms with E-state index in [0.717, 1.165) is 41.8 Å². The molecule has 6 aromatic rings. The van der Waals surface area contributed by atoms with E-state index in [0.29, 0.717) is 5.92 Å². The molecule has 0 aliphatic heterocycles. The van der Waals surface area contributed by atoms with Crippen molar-refractivity contribution in [3.63, 3.8) is 0 Å². The maximum Gasteiger partial charge on any atom is 0.0536 e. The molecule has 0 aromatic heterocycles. The van der Waals surface area contributed by atoms with Gasteiger partial charge in [0.2, 0.25) is 0 Å². The Bertz CT molecular complexity index is 2490. The third-order valence-corrected chi connectivity index (χ3v) is 12.1. The average Bonchev–Trinajstić information content (AvgIpc) is 3.53. The quantitative estimate of drug-likeness (QED) is 0.135. The summed E-state index contributed by atoms with van der Waals surface area (Å²) in [5.74, 6) is 0.424. The molecule has 6 aromatic carbocycles. The highest BCUT2D eigenvalue weighted by Gasteiger charge is 2.48. The van der Waals surface area contributed by atoms with Crippen LogP contribution in [0.3, 0.4) is 0 Å². The summed E-state index contributed by atoms with van der Waals surface area (Å²) in [7, 11) is 0. The molecule has 0 amide bonds. The van der Waals surface area contributed by atoms with Gasteiger partial charge in [0.15, 0.2) is 0 Å². The van der Waals surface area contributed by atoms with Gasteiger partial charge in [0.1, 0.15) is 0 Å². The van der Waals surface area contributed by atoms with Gasteiger partial charge in [-0.15, -0.1) is 0 Å². The molecule has 55 heavy (non-hydrogen) atoms. The minimum Gasteiger partial charge on any atom is -0.314 e. The van der Waals surface area contributed by atoms with E-state index in [2.05, 4.69) is 200 Å². The molecule has 0 saturated carbocycles. The Balaban J connectivity index is 1.26. The topological polar surface area (TPSA) is 3.24 Å². The number of anilines is 1. The number of hydrogen-bond acceptors (Lipinski definition) is 1. The third-order valence-electron chi connectivity index (χ3n) is 12.1. The van der Waals surface area contributed by atoms with Crippen molar-refractivity contribution in [3.05, 3.63) is 228 Å². The summed E-state index contributed by atoms with van der Waals surface area (Å²) in [6.45, 7) is 7.57. The number of benzene rings is 6. The second-order valence-corrected chi connectivity index (χ2v) is 15.3. The van der Waals surface area contributed by atoms with Crippen LogP contribution in [0.5, 0.6) is 0 Å². The fourth-order valence-corrected chi connectivity index (χ4v) is 9.39. The molecule has 2 atom stereocenters. The summed E-state index contributed by atoms with van der Waals surface area (Å²) in [6, 6.07) is 57.6. The van der Waals surface area contributed by atoms with Crippen LogP contribution in [0, 0.1) is 5.92 Å². The van der Waals surface area contributed by atoms with Gasteiger partial charge >= 0.3 is 0 Å². The van der Waals surface area contributed by atoms with E-state index in [9.17, 15) is 0 Å². The van der Waals surface area contributed by atoms with Gasteiger partial charge in [-0.25, -0.2) is 0 Å². The van der Waals surface area contributed by atoms with E-state index >= 15 is 0 Å². The Morgan fingerprint density at radius 1 is 0.673 bits per heavy atom. The number of hydrogen-bond donors (Lipinski definition) is 0. The summed E-state index contributed by atoms with van der Waals surface area (Å²) >= 11 is 0. The summed E-state index contributed by atoms with van der Waals surface area (Å²) in [4.78, 5) is 2.49. The SMILES string of the molecule is C=C(/C(=C\c1cccc(-c2ccccc2)c1)N(C1=CC=CCC1)c1cccc(-c2ccccc2)c1)c1ccccc1C1(C)c2ccccc2C2=CCCCC21. The van der Waals surface area contributed by atoms with Crippen molar-refractivity contribution in [1.29, 1.82) is 0 Å². The number of fused-ring (bicyclic) bond motifs is 3. The number of rotatable bonds is 9. The highest BCUT2D eigenvalue weighted by Crippen LogP contribution is 2.58. The molecule has 1 heteroatoms. The monoisotopic (exact) mass is 709 g/mol. The molecule has 0 heterocycles. The molecule has 0 fully saturated rings. The molecule has 268 valence electrons. The van der Waals surface area contributed by atoms with Crippen LogP contribution in [0.2, 0.25) is 0 Å². The third kappa shape index (κ3) is 6.44. The van der Waals surface area contributed by atoms with E-state index in [1.807, 2.05) is 0 Å². The minimum absolute atomic E-state index is 0.189. The van der Waals surface area contributed by atoms with Crippen LogP contribution in [-0.4, -0.2) is 0 Å². The first-order valence-corrected chi connectivity index (χ1v) is 19.9. The zero-order valence-corrected chi connectivity index (χ0v) is 31.7. The van der Waals surface area contributed by atoms with Crippen molar-refractivity contribution in [3.8, 4) is 22.3 Å². The normalized spacial score (nSPS) is 18.9. The lowest BCUT2D eigenvalue weighted by molar-refractivity contribution is 0.404. The van der Waals surface area contributed by atoms with Crippen LogP contribution >= 0.6 is 0 Å². The second kappa shape index (κ2) is 14.9. The maximum atomic E-state index is 5.08. The Labute approximate surface area is 327 Å². The second-order valence-electron chi connectivity index (χ2n) is 15.3. The van der Waals surface area contributed by atoms with Crippen molar-refractivity contribution in [1.82, 2.24) is 0 Å². The molecule has 0 N–H and O–H groups in total. The van der Waals surface area contributed by atoms with Crippen molar-refractivity contribution in [2.45, 2.75) is 44.4 Å². The Hall–Kier alpha value is -6.18. The molecule has 0 bridgehead atoms. The van der Waals surface area contributed by atoms with E-state index in [-0.39, 0.29) is 5.41 Å². The van der Waals surface area contributed by atoms with Crippen LogP contribution in [0.1, 0.15) is 66.8 Å². The molecule has 1 nitrogen and oxygen atoms in total. The molecule has 3 aliphatic carbocycles. The predicted octanol–water partition coefficient (Wildman–Crippen LogP) is 14.3. The molecule has 2 unspecified atom stereocenters. The standard InChI is InChI=1S/C54H47N/c1-39(47-30-12-15-33-50(47)54(2)51-34-16-13-31-48(51)49-32-14-17-35-52(49)54)53(37-40-20-18-25-43(36-40)41-21-6-3-7-22-41)55(45-27-10-5-11-28-45)46-29-19-26-44(38-46)42-23-8-4-9-24-42/h3-10,12-13,15-16,18-27,29-34,36-38,52H,1,11,14,17,28,35H2,2H3/b53-37+. The van der Waals surface area contributed by atoms with Crippen molar-refractivity contribution in [2.75, 3.05) is 4.90 Å². The van der Waals surface area contributed by atoms with Gasteiger partial charge < -0.3 is 4.90 Å². The summed E-state index contributed by atoms with van der Waals surface area (Å²) in [5.41, 5.74) is 17.2. The van der Waals surface area contributed by atoms with Gasteiger partial charge in [0, 0.05) is 16.8 Å². The van der Waals surface area contributed by atoms with Gasteiger partial charge in [-0.05, 0) is 130 Å². The van der Waals surface area contributed by atoms with Crippen LogP contribution < -0.4 is 4.90 Å². The highest BCUT2D eigenvalue weighted by molar-refractivity contribution is 5.92. The van der Waals surface area contributed by atoms with Crippen LogP contribution in [-0.2, 0) is 5.41 Å². The first-order valence-electron chi connectivity index (χ1n) is 19.9. The largest absolute Gasteiger partial charge is 0.314 e. The zero-order valence-electron chi connectivity index (χ0n) is 31.7. The minimum atomic E-state index is -0.189. The van der Waals surface area contributed by atoms with Gasteiger partial charge in [0.25, 0.3) is 0 Å². The Morgan fingerprint density at radius 3 is 2.07 bits per heavy atom. The molecule has 0 radical (unpaired) electrons. The highest BCUT2D eigenvalue weighted by atomic mass is 15.2. The number of allylic oxidation sites excluding steroid dienone is 7. The lowest BCUT2D eigenvalue weighted by Crippen LogP contribution is -2.32. The summed E-state index contributed by atoms with van der Waals surface area (Å²) in [6.07, 6.45) is 17.1. The van der Waals surface area contributed by atoms with Crippen LogP contribution in [0.15, 0.2) is 200 Å². The molecule has 9 rings (SSSR count). The lowest BCUT2D eigenvalue weighted by atomic mass is 9.66. The molecule has 0 spiro atoms. The lowest BCUT2D eigenvalue weighted by Gasteiger charge is -2.38. The van der Waals surface area contributed by atoms with E-state index in [1.54, 1.807) is 0 Å².